The Kier molecular flexibility index (Phi) is 4.27. The Hall–Kier alpha value is -0.620. The van der Waals surface area contributed by atoms with Gasteiger partial charge in [0, 0.05) is 20.1 Å². The summed E-state index contributed by atoms with van der Waals surface area (Å²) in [6.45, 7) is 7.38. The molecule has 1 N–H and O–H groups in total. The molecule has 0 aliphatic carbocycles. The summed E-state index contributed by atoms with van der Waals surface area (Å²) in [5.41, 5.74) is 2.43. The second-order valence-corrected chi connectivity index (χ2v) is 7.25. The lowest BCUT2D eigenvalue weighted by Crippen LogP contribution is -2.11. The minimum Gasteiger partial charge on any atom is -0.379 e. The molecule has 1 heterocycles. The molecule has 0 saturated carbocycles. The Morgan fingerprint density at radius 2 is 2.00 bits per heavy atom. The maximum atomic E-state index is 4.68. The van der Waals surface area contributed by atoms with Crippen LogP contribution in [0.3, 0.4) is 0 Å². The van der Waals surface area contributed by atoms with Gasteiger partial charge in [0.2, 0.25) is 0 Å². The average Bonchev–Trinajstić information content (AvgIpc) is 2.76. The van der Waals surface area contributed by atoms with E-state index in [-0.39, 0.29) is 5.41 Å². The van der Waals surface area contributed by atoms with E-state index in [2.05, 4.69) is 71.2 Å². The number of nitrogens with zero attached hydrogens (tertiary/aromatic N) is 1. The first-order valence-electron chi connectivity index (χ1n) is 5.90. The number of hydrogen-bond acceptors (Lipinski definition) is 3. The van der Waals surface area contributed by atoms with Crippen LogP contribution in [-0.2, 0) is 12.0 Å². The first-order chi connectivity index (χ1) is 8.47. The lowest BCUT2D eigenvalue weighted by molar-refractivity contribution is 0.583. The SMILES string of the molecule is CC(C)(C)c1nc(CNc2ccccc2I)cs1. The largest absolute Gasteiger partial charge is 0.379 e. The van der Waals surface area contributed by atoms with Crippen molar-refractivity contribution in [1.29, 1.82) is 0 Å². The fourth-order valence-corrected chi connectivity index (χ4v) is 3.01. The number of halogens is 1. The third-order valence-corrected chi connectivity index (χ3v) is 4.78. The Bertz CT molecular complexity index is 529. The van der Waals surface area contributed by atoms with Crippen molar-refractivity contribution in [2.45, 2.75) is 32.7 Å². The molecule has 18 heavy (non-hydrogen) atoms. The quantitative estimate of drug-likeness (QED) is 0.793. The van der Waals surface area contributed by atoms with Crippen molar-refractivity contribution >= 4 is 39.6 Å². The zero-order chi connectivity index (χ0) is 13.2. The minimum atomic E-state index is 0.143. The number of para-hydroxylation sites is 1. The van der Waals surface area contributed by atoms with Crippen LogP contribution in [0.5, 0.6) is 0 Å². The fraction of sp³-hybridized carbons (Fsp3) is 0.357. The summed E-state index contributed by atoms with van der Waals surface area (Å²) < 4.78 is 1.24. The van der Waals surface area contributed by atoms with E-state index in [1.54, 1.807) is 11.3 Å². The predicted molar refractivity (Wildman–Crippen MR) is 87.3 cm³/mol. The lowest BCUT2D eigenvalue weighted by atomic mass is 9.98. The van der Waals surface area contributed by atoms with Crippen LogP contribution < -0.4 is 5.32 Å². The van der Waals surface area contributed by atoms with Gasteiger partial charge in [-0.3, -0.25) is 0 Å². The van der Waals surface area contributed by atoms with Crippen LogP contribution in [0.2, 0.25) is 0 Å². The van der Waals surface area contributed by atoms with Crippen LogP contribution in [0.25, 0.3) is 0 Å². The molecule has 0 amide bonds. The maximum absolute atomic E-state index is 4.68. The normalized spacial score (nSPS) is 11.6. The monoisotopic (exact) mass is 372 g/mol. The topological polar surface area (TPSA) is 24.9 Å². The molecule has 0 aliphatic heterocycles. The molecule has 0 aliphatic rings. The number of aromatic nitrogens is 1. The van der Waals surface area contributed by atoms with Gasteiger partial charge in [0.15, 0.2) is 0 Å². The summed E-state index contributed by atoms with van der Waals surface area (Å²) in [5, 5.41) is 6.77. The van der Waals surface area contributed by atoms with Gasteiger partial charge in [0.1, 0.15) is 0 Å². The predicted octanol–water partition coefficient (Wildman–Crippen LogP) is 4.66. The minimum absolute atomic E-state index is 0.143. The average molecular weight is 372 g/mol. The molecule has 0 saturated heterocycles. The van der Waals surface area contributed by atoms with Gasteiger partial charge in [-0.25, -0.2) is 4.98 Å². The van der Waals surface area contributed by atoms with Gasteiger partial charge >= 0.3 is 0 Å². The van der Waals surface area contributed by atoms with Crippen molar-refractivity contribution in [3.05, 3.63) is 43.9 Å². The van der Waals surface area contributed by atoms with Gasteiger partial charge in [-0.15, -0.1) is 11.3 Å². The van der Waals surface area contributed by atoms with Crippen molar-refractivity contribution in [2.75, 3.05) is 5.32 Å². The Labute approximate surface area is 126 Å². The second kappa shape index (κ2) is 5.57. The summed E-state index contributed by atoms with van der Waals surface area (Å²) in [5.74, 6) is 0. The van der Waals surface area contributed by atoms with E-state index < -0.39 is 0 Å². The molecule has 0 spiro atoms. The van der Waals surface area contributed by atoms with Gasteiger partial charge < -0.3 is 5.32 Å². The smallest absolute Gasteiger partial charge is 0.0982 e. The number of anilines is 1. The maximum Gasteiger partial charge on any atom is 0.0982 e. The van der Waals surface area contributed by atoms with E-state index in [1.807, 2.05) is 12.1 Å². The van der Waals surface area contributed by atoms with Crippen LogP contribution in [0, 0.1) is 3.57 Å². The van der Waals surface area contributed by atoms with E-state index in [1.165, 1.54) is 14.3 Å². The molecule has 4 heteroatoms. The summed E-state index contributed by atoms with van der Waals surface area (Å²) in [6.07, 6.45) is 0. The highest BCUT2D eigenvalue weighted by Gasteiger charge is 2.17. The van der Waals surface area contributed by atoms with Crippen molar-refractivity contribution in [1.82, 2.24) is 4.98 Å². The van der Waals surface area contributed by atoms with E-state index in [0.29, 0.717) is 0 Å². The number of rotatable bonds is 3. The van der Waals surface area contributed by atoms with E-state index in [0.717, 1.165) is 12.2 Å². The van der Waals surface area contributed by atoms with Crippen LogP contribution in [-0.4, -0.2) is 4.98 Å². The number of hydrogen-bond donors (Lipinski definition) is 1. The third-order valence-electron chi connectivity index (χ3n) is 2.53. The van der Waals surface area contributed by atoms with E-state index in [9.17, 15) is 0 Å². The second-order valence-electron chi connectivity index (χ2n) is 5.23. The summed E-state index contributed by atoms with van der Waals surface area (Å²) >= 11 is 4.08. The molecular formula is C14H17IN2S. The summed E-state index contributed by atoms with van der Waals surface area (Å²) in [6, 6.07) is 8.29. The molecule has 2 nitrogen and oxygen atoms in total. The molecule has 0 atom stereocenters. The van der Waals surface area contributed by atoms with E-state index in [4.69, 9.17) is 0 Å². The molecule has 0 unspecified atom stereocenters. The van der Waals surface area contributed by atoms with Gasteiger partial charge in [-0.1, -0.05) is 32.9 Å². The van der Waals surface area contributed by atoms with Crippen molar-refractivity contribution < 1.29 is 0 Å². The van der Waals surface area contributed by atoms with Crippen LogP contribution in [0.15, 0.2) is 29.6 Å². The number of thiazole rings is 1. The van der Waals surface area contributed by atoms with Crippen LogP contribution in [0.1, 0.15) is 31.5 Å². The molecule has 0 bridgehead atoms. The summed E-state index contributed by atoms with van der Waals surface area (Å²) in [7, 11) is 0. The highest BCUT2D eigenvalue weighted by molar-refractivity contribution is 14.1. The first kappa shape index (κ1) is 13.8. The molecule has 1 aromatic heterocycles. The fourth-order valence-electron chi connectivity index (χ4n) is 1.52. The molecule has 96 valence electrons. The summed E-state index contributed by atoms with van der Waals surface area (Å²) in [4.78, 5) is 4.68. The molecule has 0 fully saturated rings. The third kappa shape index (κ3) is 3.45. The highest BCUT2D eigenvalue weighted by Crippen LogP contribution is 2.26. The Morgan fingerprint density at radius 3 is 2.61 bits per heavy atom. The molecule has 2 aromatic rings. The molecule has 2 rings (SSSR count). The van der Waals surface area contributed by atoms with Crippen LogP contribution in [0.4, 0.5) is 5.69 Å². The zero-order valence-electron chi connectivity index (χ0n) is 10.8. The van der Waals surface area contributed by atoms with Gasteiger partial charge in [0.05, 0.1) is 17.2 Å². The first-order valence-corrected chi connectivity index (χ1v) is 7.86. The number of benzene rings is 1. The Balaban J connectivity index is 2.03. The van der Waals surface area contributed by atoms with Crippen molar-refractivity contribution in [2.24, 2.45) is 0 Å². The van der Waals surface area contributed by atoms with Crippen molar-refractivity contribution in [3.8, 4) is 0 Å². The van der Waals surface area contributed by atoms with Crippen LogP contribution >= 0.6 is 33.9 Å². The van der Waals surface area contributed by atoms with E-state index >= 15 is 0 Å². The lowest BCUT2D eigenvalue weighted by Gasteiger charge is -2.13. The van der Waals surface area contributed by atoms with Crippen molar-refractivity contribution in [3.63, 3.8) is 0 Å². The molecule has 1 aromatic carbocycles. The van der Waals surface area contributed by atoms with Gasteiger partial charge in [0.25, 0.3) is 0 Å². The Morgan fingerprint density at radius 1 is 1.28 bits per heavy atom. The standard InChI is InChI=1S/C14H17IN2S/c1-14(2,3)13-17-10(9-18-13)8-16-12-7-5-4-6-11(12)15/h4-7,9,16H,8H2,1-3H3. The van der Waals surface area contributed by atoms with Gasteiger partial charge in [-0.2, -0.15) is 0 Å². The molecule has 0 radical (unpaired) electrons. The zero-order valence-corrected chi connectivity index (χ0v) is 13.8. The molecular weight excluding hydrogens is 355 g/mol. The van der Waals surface area contributed by atoms with Gasteiger partial charge in [-0.05, 0) is 34.7 Å². The number of nitrogens with one attached hydrogen (secondary N) is 1. The highest BCUT2D eigenvalue weighted by atomic mass is 127.